The molecule has 6 heteroatoms. The Balaban J connectivity index is 1.71. The van der Waals surface area contributed by atoms with Gasteiger partial charge in [-0.2, -0.15) is 4.98 Å². The Labute approximate surface area is 117 Å². The second-order valence-corrected chi connectivity index (χ2v) is 5.61. The third kappa shape index (κ3) is 1.87. The van der Waals surface area contributed by atoms with E-state index in [0.717, 1.165) is 32.0 Å². The highest BCUT2D eigenvalue weighted by Gasteiger charge is 2.22. The van der Waals surface area contributed by atoms with Crippen LogP contribution in [0.25, 0.3) is 11.2 Å². The fourth-order valence-corrected chi connectivity index (χ4v) is 2.86. The molecule has 2 aromatic heterocycles. The molecule has 0 unspecified atom stereocenters. The number of anilines is 3. The molecule has 106 valence electrons. The van der Waals surface area contributed by atoms with E-state index in [-0.39, 0.29) is 0 Å². The van der Waals surface area contributed by atoms with Gasteiger partial charge in [-0.05, 0) is 25.7 Å². The van der Waals surface area contributed by atoms with Crippen molar-refractivity contribution in [3.8, 4) is 0 Å². The Morgan fingerprint density at radius 1 is 0.950 bits per heavy atom. The number of aromatic nitrogens is 2. The van der Waals surface area contributed by atoms with E-state index in [1.165, 1.54) is 25.7 Å². The summed E-state index contributed by atoms with van der Waals surface area (Å²) in [6, 6.07) is 2.54. The summed E-state index contributed by atoms with van der Waals surface area (Å²) in [4.78, 5) is 13.5. The lowest BCUT2D eigenvalue weighted by molar-refractivity contribution is 0.509. The van der Waals surface area contributed by atoms with E-state index in [2.05, 4.69) is 19.8 Å². The van der Waals surface area contributed by atoms with E-state index in [1.54, 1.807) is 0 Å². The summed E-state index contributed by atoms with van der Waals surface area (Å²) in [6.07, 6.45) is 4.90. The Hall–Kier alpha value is -1.98. The van der Waals surface area contributed by atoms with Crippen LogP contribution in [-0.2, 0) is 0 Å². The minimum Gasteiger partial charge on any atom is -0.422 e. The fourth-order valence-electron chi connectivity index (χ4n) is 2.86. The van der Waals surface area contributed by atoms with Gasteiger partial charge in [0.05, 0.1) is 5.69 Å². The van der Waals surface area contributed by atoms with Crippen LogP contribution in [0, 0.1) is 0 Å². The maximum Gasteiger partial charge on any atom is 0.299 e. The molecule has 0 aromatic carbocycles. The zero-order chi connectivity index (χ0) is 13.5. The third-order valence-corrected chi connectivity index (χ3v) is 4.16. The summed E-state index contributed by atoms with van der Waals surface area (Å²) >= 11 is 0. The summed E-state index contributed by atoms with van der Waals surface area (Å²) < 4.78 is 5.83. The lowest BCUT2D eigenvalue weighted by Gasteiger charge is -2.32. The van der Waals surface area contributed by atoms with Gasteiger partial charge in [0.15, 0.2) is 11.4 Å². The Kier molecular flexibility index (Phi) is 2.68. The molecule has 2 aromatic rings. The molecule has 6 nitrogen and oxygen atoms in total. The fraction of sp³-hybridized carbons (Fsp3) is 0.571. The molecule has 2 saturated heterocycles. The van der Waals surface area contributed by atoms with Gasteiger partial charge in [-0.1, -0.05) is 0 Å². The molecule has 2 aliphatic rings. The molecule has 2 aliphatic heterocycles. The van der Waals surface area contributed by atoms with Gasteiger partial charge in [0, 0.05) is 32.2 Å². The molecule has 0 spiro atoms. The highest BCUT2D eigenvalue weighted by molar-refractivity contribution is 5.80. The van der Waals surface area contributed by atoms with E-state index in [4.69, 9.17) is 10.2 Å². The molecule has 2 fully saturated rings. The van der Waals surface area contributed by atoms with Gasteiger partial charge >= 0.3 is 0 Å². The van der Waals surface area contributed by atoms with E-state index in [9.17, 15) is 0 Å². The molecule has 0 saturated carbocycles. The Morgan fingerprint density at radius 2 is 1.70 bits per heavy atom. The zero-order valence-corrected chi connectivity index (χ0v) is 11.5. The molecule has 0 bridgehead atoms. The van der Waals surface area contributed by atoms with Gasteiger partial charge in [0.1, 0.15) is 0 Å². The van der Waals surface area contributed by atoms with Crippen LogP contribution in [0.4, 0.5) is 17.5 Å². The number of pyridine rings is 1. The molecule has 0 radical (unpaired) electrons. The quantitative estimate of drug-likeness (QED) is 0.902. The van der Waals surface area contributed by atoms with Gasteiger partial charge in [0.2, 0.25) is 5.65 Å². The van der Waals surface area contributed by atoms with Gasteiger partial charge in [-0.25, -0.2) is 4.98 Å². The number of hydrogen-bond donors (Lipinski definition) is 1. The zero-order valence-electron chi connectivity index (χ0n) is 11.5. The lowest BCUT2D eigenvalue weighted by atomic mass is 10.1. The molecular formula is C14H19N5O. The molecule has 4 heterocycles. The van der Waals surface area contributed by atoms with Crippen molar-refractivity contribution in [1.29, 1.82) is 0 Å². The molecule has 0 amide bonds. The standard InChI is InChI=1S/C14H19N5O/c15-10-9-11-12(16-13(10)18-7-4-8-18)17-14(20-11)19-5-2-1-3-6-19/h9H,1-8,15H2. The number of nitrogens with two attached hydrogens (primary N) is 1. The average molecular weight is 273 g/mol. The van der Waals surface area contributed by atoms with Gasteiger partial charge in [-0.15, -0.1) is 0 Å². The number of oxazole rings is 1. The van der Waals surface area contributed by atoms with Crippen molar-refractivity contribution in [1.82, 2.24) is 9.97 Å². The van der Waals surface area contributed by atoms with Gasteiger partial charge in [-0.3, -0.25) is 0 Å². The number of nitrogen functional groups attached to an aromatic ring is 1. The van der Waals surface area contributed by atoms with Crippen LogP contribution >= 0.6 is 0 Å². The highest BCUT2D eigenvalue weighted by Crippen LogP contribution is 2.31. The normalized spacial score (nSPS) is 19.4. The van der Waals surface area contributed by atoms with Crippen LogP contribution in [0.2, 0.25) is 0 Å². The smallest absolute Gasteiger partial charge is 0.299 e. The molecule has 2 N–H and O–H groups in total. The van der Waals surface area contributed by atoms with Crippen molar-refractivity contribution in [3.05, 3.63) is 6.07 Å². The number of rotatable bonds is 2. The minimum absolute atomic E-state index is 0.668. The van der Waals surface area contributed by atoms with Crippen molar-refractivity contribution >= 4 is 28.8 Å². The largest absolute Gasteiger partial charge is 0.422 e. The highest BCUT2D eigenvalue weighted by atomic mass is 16.4. The van der Waals surface area contributed by atoms with Crippen LogP contribution in [0.3, 0.4) is 0 Å². The second-order valence-electron chi connectivity index (χ2n) is 5.61. The van der Waals surface area contributed by atoms with Crippen LogP contribution in [0.15, 0.2) is 10.5 Å². The lowest BCUT2D eigenvalue weighted by Crippen LogP contribution is -2.38. The molecule has 0 aliphatic carbocycles. The molecular weight excluding hydrogens is 254 g/mol. The first-order chi connectivity index (χ1) is 9.81. The number of piperidine rings is 1. The first kappa shape index (κ1) is 11.8. The predicted molar refractivity (Wildman–Crippen MR) is 79.1 cm³/mol. The summed E-state index contributed by atoms with van der Waals surface area (Å²) in [7, 11) is 0. The van der Waals surface area contributed by atoms with Crippen molar-refractivity contribution in [2.75, 3.05) is 41.7 Å². The minimum atomic E-state index is 0.668. The van der Waals surface area contributed by atoms with E-state index in [1.807, 2.05) is 6.07 Å². The summed E-state index contributed by atoms with van der Waals surface area (Å²) in [6.45, 7) is 4.08. The molecule has 4 rings (SSSR count). The summed E-state index contributed by atoms with van der Waals surface area (Å²) in [5.41, 5.74) is 8.11. The van der Waals surface area contributed by atoms with Crippen molar-refractivity contribution in [2.45, 2.75) is 25.7 Å². The summed E-state index contributed by atoms with van der Waals surface area (Å²) in [5.74, 6) is 0.849. The topological polar surface area (TPSA) is 71.4 Å². The SMILES string of the molecule is Nc1cc2oc(N3CCCCC3)nc2nc1N1CCC1. The number of nitrogens with zero attached hydrogens (tertiary/aromatic N) is 4. The van der Waals surface area contributed by atoms with Crippen LogP contribution < -0.4 is 15.5 Å². The third-order valence-electron chi connectivity index (χ3n) is 4.16. The number of fused-ring (bicyclic) bond motifs is 1. The van der Waals surface area contributed by atoms with Crippen molar-refractivity contribution < 1.29 is 4.42 Å². The predicted octanol–water partition coefficient (Wildman–Crippen LogP) is 2.01. The van der Waals surface area contributed by atoms with Crippen molar-refractivity contribution in [3.63, 3.8) is 0 Å². The summed E-state index contributed by atoms with van der Waals surface area (Å²) in [5, 5.41) is 0. The second kappa shape index (κ2) is 4.54. The first-order valence-corrected chi connectivity index (χ1v) is 7.38. The van der Waals surface area contributed by atoms with Crippen molar-refractivity contribution in [2.24, 2.45) is 0 Å². The van der Waals surface area contributed by atoms with Gasteiger partial charge < -0.3 is 20.0 Å². The Bertz CT molecular complexity index is 628. The van der Waals surface area contributed by atoms with E-state index in [0.29, 0.717) is 22.9 Å². The molecule has 0 atom stereocenters. The monoisotopic (exact) mass is 273 g/mol. The first-order valence-electron chi connectivity index (χ1n) is 7.38. The van der Waals surface area contributed by atoms with Crippen LogP contribution in [-0.4, -0.2) is 36.1 Å². The van der Waals surface area contributed by atoms with E-state index < -0.39 is 0 Å². The van der Waals surface area contributed by atoms with E-state index >= 15 is 0 Å². The maximum absolute atomic E-state index is 6.08. The molecule has 20 heavy (non-hydrogen) atoms. The van der Waals surface area contributed by atoms with Crippen LogP contribution in [0.1, 0.15) is 25.7 Å². The van der Waals surface area contributed by atoms with Crippen LogP contribution in [0.5, 0.6) is 0 Å². The average Bonchev–Trinajstić information content (AvgIpc) is 2.81. The van der Waals surface area contributed by atoms with Gasteiger partial charge in [0.25, 0.3) is 6.01 Å². The number of hydrogen-bond acceptors (Lipinski definition) is 6. The Morgan fingerprint density at radius 3 is 2.40 bits per heavy atom. The maximum atomic E-state index is 6.08.